The van der Waals surface area contributed by atoms with E-state index < -0.39 is 0 Å². The molecule has 0 bridgehead atoms. The Hall–Kier alpha value is -1.99. The monoisotopic (exact) mass is 351 g/mol. The molecule has 2 aromatic rings. The molecule has 8 heteroatoms. The normalized spacial score (nSPS) is 15.7. The van der Waals surface area contributed by atoms with Crippen molar-refractivity contribution in [1.82, 2.24) is 25.0 Å². The molecular formula is C16H19ClFN5O. The van der Waals surface area contributed by atoms with Gasteiger partial charge in [-0.15, -0.1) is 5.10 Å². The highest BCUT2D eigenvalue weighted by molar-refractivity contribution is 6.28. The van der Waals surface area contributed by atoms with Crippen LogP contribution in [0.3, 0.4) is 0 Å². The van der Waals surface area contributed by atoms with Gasteiger partial charge in [0.05, 0.1) is 0 Å². The van der Waals surface area contributed by atoms with E-state index in [0.29, 0.717) is 38.3 Å². The second kappa shape index (κ2) is 7.72. The summed E-state index contributed by atoms with van der Waals surface area (Å²) in [6.45, 7) is 3.65. The first-order valence-corrected chi connectivity index (χ1v) is 8.29. The number of benzene rings is 1. The average molecular weight is 352 g/mol. The number of carbonyl (C=O) groups is 1. The van der Waals surface area contributed by atoms with Crippen molar-refractivity contribution in [3.63, 3.8) is 0 Å². The number of aromatic amines is 1. The summed E-state index contributed by atoms with van der Waals surface area (Å²) in [5, 5.41) is 6.60. The van der Waals surface area contributed by atoms with Crippen molar-refractivity contribution in [3.8, 4) is 0 Å². The molecule has 3 rings (SSSR count). The first kappa shape index (κ1) is 16.9. The molecule has 1 aliphatic heterocycles. The van der Waals surface area contributed by atoms with Gasteiger partial charge in [0.15, 0.2) is 0 Å². The maximum absolute atomic E-state index is 13.2. The van der Waals surface area contributed by atoms with Crippen LogP contribution in [-0.2, 0) is 17.8 Å². The third kappa shape index (κ3) is 4.52. The predicted octanol–water partition coefficient (Wildman–Crippen LogP) is 1.87. The van der Waals surface area contributed by atoms with Crippen molar-refractivity contribution < 1.29 is 9.18 Å². The number of hydrogen-bond donors (Lipinski definition) is 1. The first-order chi connectivity index (χ1) is 11.6. The molecule has 0 saturated carbocycles. The van der Waals surface area contributed by atoms with Gasteiger partial charge in [-0.2, -0.15) is 0 Å². The van der Waals surface area contributed by atoms with E-state index in [2.05, 4.69) is 20.1 Å². The lowest BCUT2D eigenvalue weighted by atomic mass is 10.2. The zero-order chi connectivity index (χ0) is 16.9. The quantitative estimate of drug-likeness (QED) is 0.893. The number of aryl methyl sites for hydroxylation is 1. The number of hydrogen-bond acceptors (Lipinski definition) is 4. The van der Waals surface area contributed by atoms with Gasteiger partial charge in [0, 0.05) is 45.6 Å². The molecule has 128 valence electrons. The number of halogens is 2. The van der Waals surface area contributed by atoms with Crippen LogP contribution in [0, 0.1) is 5.82 Å². The van der Waals surface area contributed by atoms with Crippen molar-refractivity contribution in [3.05, 3.63) is 46.8 Å². The molecule has 1 aromatic carbocycles. The van der Waals surface area contributed by atoms with Crippen LogP contribution < -0.4 is 0 Å². The van der Waals surface area contributed by atoms with Crippen molar-refractivity contribution in [2.75, 3.05) is 26.2 Å². The van der Waals surface area contributed by atoms with Crippen LogP contribution in [0.25, 0.3) is 0 Å². The summed E-state index contributed by atoms with van der Waals surface area (Å²) >= 11 is 5.64. The number of nitrogens with one attached hydrogen (secondary N) is 1. The molecule has 6 nitrogen and oxygen atoms in total. The summed E-state index contributed by atoms with van der Waals surface area (Å²) in [7, 11) is 0. The molecular weight excluding hydrogens is 333 g/mol. The molecule has 0 spiro atoms. The lowest BCUT2D eigenvalue weighted by Gasteiger charge is -2.34. The maximum Gasteiger partial charge on any atom is 0.242 e. The van der Waals surface area contributed by atoms with Gasteiger partial charge >= 0.3 is 0 Å². The van der Waals surface area contributed by atoms with Gasteiger partial charge in [-0.1, -0.05) is 12.1 Å². The van der Waals surface area contributed by atoms with E-state index in [1.807, 2.05) is 11.0 Å². The van der Waals surface area contributed by atoms with Gasteiger partial charge in [-0.25, -0.2) is 9.37 Å². The zero-order valence-electron chi connectivity index (χ0n) is 13.2. The number of carbonyl (C=O) groups excluding carboxylic acids is 1. The molecule has 24 heavy (non-hydrogen) atoms. The third-order valence-electron chi connectivity index (χ3n) is 4.10. The van der Waals surface area contributed by atoms with Crippen LogP contribution >= 0.6 is 11.6 Å². The van der Waals surface area contributed by atoms with E-state index in [1.54, 1.807) is 12.1 Å². The van der Waals surface area contributed by atoms with E-state index in [4.69, 9.17) is 11.6 Å². The molecule has 1 amide bonds. The molecule has 1 aromatic heterocycles. The molecule has 1 aliphatic rings. The summed E-state index contributed by atoms with van der Waals surface area (Å²) in [6, 6.07) is 6.64. The number of aromatic nitrogens is 3. The Labute approximate surface area is 144 Å². The number of amides is 1. The Morgan fingerprint density at radius 2 is 2.08 bits per heavy atom. The Morgan fingerprint density at radius 3 is 2.75 bits per heavy atom. The Bertz CT molecular complexity index is 699. The minimum atomic E-state index is -0.214. The summed E-state index contributed by atoms with van der Waals surface area (Å²) in [5.74, 6) is 0.514. The number of nitrogens with zero attached hydrogens (tertiary/aromatic N) is 4. The topological polar surface area (TPSA) is 65.1 Å². The second-order valence-corrected chi connectivity index (χ2v) is 6.18. The van der Waals surface area contributed by atoms with Gasteiger partial charge in [-0.05, 0) is 29.3 Å². The average Bonchev–Trinajstić information content (AvgIpc) is 2.99. The van der Waals surface area contributed by atoms with Crippen molar-refractivity contribution in [2.45, 2.75) is 19.4 Å². The summed E-state index contributed by atoms with van der Waals surface area (Å²) in [6.07, 6.45) is 0.886. The molecule has 0 radical (unpaired) electrons. The van der Waals surface area contributed by atoms with E-state index in [9.17, 15) is 9.18 Å². The van der Waals surface area contributed by atoms with Crippen LogP contribution in [0.2, 0.25) is 5.28 Å². The minimum absolute atomic E-state index is 0.105. The lowest BCUT2D eigenvalue weighted by molar-refractivity contribution is -0.133. The van der Waals surface area contributed by atoms with Crippen molar-refractivity contribution in [2.24, 2.45) is 0 Å². The second-order valence-electron chi connectivity index (χ2n) is 5.84. The molecule has 0 aliphatic carbocycles. The standard InChI is InChI=1S/C16H19ClFN5O/c17-16-19-14(20-21-16)4-5-15(24)23-8-6-22(7-9-23)11-12-2-1-3-13(18)10-12/h1-3,10H,4-9,11H2,(H,19,20,21). The largest absolute Gasteiger partial charge is 0.340 e. The van der Waals surface area contributed by atoms with Gasteiger partial charge < -0.3 is 4.90 Å². The first-order valence-electron chi connectivity index (χ1n) is 7.91. The molecule has 1 saturated heterocycles. The van der Waals surface area contributed by atoms with Crippen molar-refractivity contribution in [1.29, 1.82) is 0 Å². The fourth-order valence-electron chi connectivity index (χ4n) is 2.82. The fraction of sp³-hybridized carbons (Fsp3) is 0.438. The molecule has 2 heterocycles. The van der Waals surface area contributed by atoms with E-state index in [-0.39, 0.29) is 17.0 Å². The number of rotatable bonds is 5. The Morgan fingerprint density at radius 1 is 1.29 bits per heavy atom. The molecule has 1 fully saturated rings. The Balaban J connectivity index is 1.43. The van der Waals surface area contributed by atoms with Gasteiger partial charge in [0.25, 0.3) is 0 Å². The molecule has 0 atom stereocenters. The van der Waals surface area contributed by atoms with Crippen LogP contribution in [0.1, 0.15) is 17.8 Å². The molecule has 0 unspecified atom stereocenters. The SMILES string of the molecule is O=C(CCc1nc(Cl)n[nH]1)N1CCN(Cc2cccc(F)c2)CC1. The van der Waals surface area contributed by atoms with Crippen LogP contribution in [0.5, 0.6) is 0 Å². The highest BCUT2D eigenvalue weighted by atomic mass is 35.5. The minimum Gasteiger partial charge on any atom is -0.340 e. The summed E-state index contributed by atoms with van der Waals surface area (Å²) in [5.41, 5.74) is 0.956. The molecule has 1 N–H and O–H groups in total. The van der Waals surface area contributed by atoms with E-state index in [1.165, 1.54) is 6.07 Å². The van der Waals surface area contributed by atoms with E-state index in [0.717, 1.165) is 18.7 Å². The lowest BCUT2D eigenvalue weighted by Crippen LogP contribution is -2.48. The predicted molar refractivity (Wildman–Crippen MR) is 88.0 cm³/mol. The number of piperazine rings is 1. The summed E-state index contributed by atoms with van der Waals surface area (Å²) in [4.78, 5) is 20.3. The van der Waals surface area contributed by atoms with Crippen molar-refractivity contribution >= 4 is 17.5 Å². The van der Waals surface area contributed by atoms with Gasteiger partial charge in [0.1, 0.15) is 11.6 Å². The third-order valence-corrected chi connectivity index (χ3v) is 4.27. The Kier molecular flexibility index (Phi) is 5.42. The number of H-pyrrole nitrogens is 1. The summed E-state index contributed by atoms with van der Waals surface area (Å²) < 4.78 is 13.2. The van der Waals surface area contributed by atoms with Gasteiger partial charge in [-0.3, -0.25) is 14.8 Å². The van der Waals surface area contributed by atoms with Crippen LogP contribution in [0.4, 0.5) is 4.39 Å². The highest BCUT2D eigenvalue weighted by Gasteiger charge is 2.21. The maximum atomic E-state index is 13.2. The highest BCUT2D eigenvalue weighted by Crippen LogP contribution is 2.11. The van der Waals surface area contributed by atoms with Crippen LogP contribution in [-0.4, -0.2) is 57.1 Å². The smallest absolute Gasteiger partial charge is 0.242 e. The van der Waals surface area contributed by atoms with Gasteiger partial charge in [0.2, 0.25) is 11.2 Å². The van der Waals surface area contributed by atoms with E-state index >= 15 is 0 Å². The van der Waals surface area contributed by atoms with Crippen LogP contribution in [0.15, 0.2) is 24.3 Å². The fourth-order valence-corrected chi connectivity index (χ4v) is 2.96. The zero-order valence-corrected chi connectivity index (χ0v) is 14.0.